The molecule has 0 radical (unpaired) electrons. The molecule has 27 nitrogen and oxygen atoms in total. The molecule has 12 atom stereocenters. The van der Waals surface area contributed by atoms with Crippen LogP contribution in [0, 0.1) is 5.92 Å². The van der Waals surface area contributed by atoms with Gasteiger partial charge in [-0.15, -0.1) is 0 Å². The van der Waals surface area contributed by atoms with Gasteiger partial charge in [-0.3, -0.25) is 47.9 Å². The van der Waals surface area contributed by atoms with Crippen LogP contribution in [-0.2, 0) is 59.2 Å². The van der Waals surface area contributed by atoms with Crippen molar-refractivity contribution in [1.82, 2.24) is 61.5 Å². The van der Waals surface area contributed by atoms with Crippen molar-refractivity contribution in [3.63, 3.8) is 0 Å². The number of carboxylic acid groups (broad SMARTS) is 1. The van der Waals surface area contributed by atoms with Gasteiger partial charge in [-0.1, -0.05) is 20.3 Å². The second-order valence-electron chi connectivity index (χ2n) is 19.6. The molecule has 1 aromatic heterocycles. The average molecular weight is 1040 g/mol. The highest BCUT2D eigenvalue weighted by molar-refractivity contribution is 5.99. The van der Waals surface area contributed by atoms with E-state index in [2.05, 4.69) is 41.9 Å². The highest BCUT2D eigenvalue weighted by Crippen LogP contribution is 2.26. The Kier molecular flexibility index (Phi) is 20.8. The molecule has 0 unspecified atom stereocenters. The molecule has 5 heterocycles. The van der Waals surface area contributed by atoms with E-state index in [0.29, 0.717) is 44.2 Å². The van der Waals surface area contributed by atoms with Gasteiger partial charge in [0.2, 0.25) is 59.1 Å². The SMILES string of the molecule is CC[C@H](C)[C@H](NC(=O)[C@@H]1CCCN1C(=O)[C@H](C)NC(=O)[C@H](CO)NC(=O)[C@@H]1CCCN1C(=O)[C@@H]1CCCN1C(=O)[C@H](C)NC(=O)[C@@H](N)[C@@H](C)O)C(=O)NCC(=O)N1CCC[C@H]1C(=O)N[C@@H](Cc1cnc[nH]1)C(=O)O. The topological polar surface area (TPSA) is 388 Å². The highest BCUT2D eigenvalue weighted by Gasteiger charge is 2.45. The van der Waals surface area contributed by atoms with E-state index < -0.39 is 151 Å². The molecule has 10 amide bonds. The van der Waals surface area contributed by atoms with E-state index in [1.54, 1.807) is 13.8 Å². The molecule has 4 saturated heterocycles. The van der Waals surface area contributed by atoms with Crippen molar-refractivity contribution >= 4 is 65.0 Å². The third-order valence-electron chi connectivity index (χ3n) is 14.3. The molecule has 0 spiro atoms. The number of rotatable bonds is 23. The second kappa shape index (κ2) is 26.5. The van der Waals surface area contributed by atoms with Gasteiger partial charge in [-0.2, -0.15) is 0 Å². The van der Waals surface area contributed by atoms with Crippen molar-refractivity contribution in [1.29, 1.82) is 0 Å². The van der Waals surface area contributed by atoms with Crippen LogP contribution in [0.5, 0.6) is 0 Å². The van der Waals surface area contributed by atoms with Crippen molar-refractivity contribution in [3.05, 3.63) is 18.2 Å². The lowest BCUT2D eigenvalue weighted by molar-refractivity contribution is -0.148. The van der Waals surface area contributed by atoms with Gasteiger partial charge in [0.15, 0.2) is 0 Å². The number of likely N-dealkylation sites (tertiary alicyclic amines) is 4. The standard InChI is InChI=1S/C47H73N13O14/c1-6-24(2)37(43(69)50-21-35(63)57-15-7-11-31(57)39(65)54-29(47(73)74)19-28-20-49-23-51-28)56-41(67)33-13-8-16-58(33)44(70)25(3)52-38(64)30(22-61)55-40(66)32-12-9-17-59(32)46(72)34-14-10-18-60(34)45(71)26(4)53-42(68)36(48)27(5)62/h20,23-27,29-34,36-37,61-62H,6-19,21-22,48H2,1-5H3,(H,49,51)(H,50,69)(H,52,64)(H,53,68)(H,54,65)(H,55,66)(H,56,67)(H,73,74)/t24-,25-,26-,27+,29-,30-,31-,32-,33-,34-,36-,37-/m0/s1. The number of aliphatic hydroxyl groups excluding tert-OH is 2. The Labute approximate surface area is 428 Å². The molecule has 410 valence electrons. The predicted molar refractivity (Wildman–Crippen MR) is 259 cm³/mol. The maximum Gasteiger partial charge on any atom is 0.326 e. The van der Waals surface area contributed by atoms with E-state index in [4.69, 9.17) is 5.73 Å². The van der Waals surface area contributed by atoms with Gasteiger partial charge < -0.3 is 77.5 Å². The van der Waals surface area contributed by atoms with Gasteiger partial charge in [0.05, 0.1) is 25.6 Å². The van der Waals surface area contributed by atoms with Gasteiger partial charge in [0, 0.05) is 44.5 Å². The number of aromatic amines is 1. The molecule has 4 aliphatic heterocycles. The Morgan fingerprint density at radius 3 is 1.69 bits per heavy atom. The van der Waals surface area contributed by atoms with Crippen LogP contribution in [0.15, 0.2) is 12.5 Å². The summed E-state index contributed by atoms with van der Waals surface area (Å²) in [6.07, 6.45) is 4.82. The third-order valence-corrected chi connectivity index (χ3v) is 14.3. The number of aliphatic carboxylic acids is 1. The Morgan fingerprint density at radius 1 is 0.676 bits per heavy atom. The van der Waals surface area contributed by atoms with E-state index in [9.17, 15) is 68.1 Å². The number of nitrogens with one attached hydrogen (secondary N) is 7. The van der Waals surface area contributed by atoms with Crippen LogP contribution in [0.25, 0.3) is 0 Å². The molecular weight excluding hydrogens is 971 g/mol. The number of aliphatic hydroxyl groups is 2. The first-order chi connectivity index (χ1) is 35.1. The summed E-state index contributed by atoms with van der Waals surface area (Å²) in [7, 11) is 0. The maximum atomic E-state index is 13.9. The zero-order valence-electron chi connectivity index (χ0n) is 42.5. The van der Waals surface area contributed by atoms with Gasteiger partial charge in [0.1, 0.15) is 60.4 Å². The zero-order valence-corrected chi connectivity index (χ0v) is 42.5. The fourth-order valence-corrected chi connectivity index (χ4v) is 9.76. The van der Waals surface area contributed by atoms with Crippen LogP contribution in [-0.4, -0.2) is 216 Å². The Morgan fingerprint density at radius 2 is 1.16 bits per heavy atom. The minimum absolute atomic E-state index is 0.0624. The smallest absolute Gasteiger partial charge is 0.326 e. The van der Waals surface area contributed by atoms with Crippen LogP contribution in [0.3, 0.4) is 0 Å². The van der Waals surface area contributed by atoms with Gasteiger partial charge >= 0.3 is 5.97 Å². The summed E-state index contributed by atoms with van der Waals surface area (Å²) in [6.45, 7) is 6.98. The first-order valence-electron chi connectivity index (χ1n) is 25.3. The maximum absolute atomic E-state index is 13.9. The lowest BCUT2D eigenvalue weighted by Gasteiger charge is -2.33. The lowest BCUT2D eigenvalue weighted by Crippen LogP contribution is -2.60. The molecule has 27 heteroatoms. The van der Waals surface area contributed by atoms with Crippen LogP contribution >= 0.6 is 0 Å². The summed E-state index contributed by atoms with van der Waals surface area (Å²) >= 11 is 0. The fraction of sp³-hybridized carbons (Fsp3) is 0.702. The van der Waals surface area contributed by atoms with Gasteiger partial charge in [-0.25, -0.2) is 9.78 Å². The number of carboxylic acids is 1. The van der Waals surface area contributed by atoms with E-state index in [-0.39, 0.29) is 51.9 Å². The van der Waals surface area contributed by atoms with E-state index in [1.165, 1.54) is 52.9 Å². The zero-order chi connectivity index (χ0) is 54.6. The molecule has 0 bridgehead atoms. The number of carbonyl (C=O) groups excluding carboxylic acids is 10. The summed E-state index contributed by atoms with van der Waals surface area (Å²) in [5.41, 5.74) is 6.19. The molecule has 1 aromatic rings. The Bertz CT molecular complexity index is 2230. The quantitative estimate of drug-likeness (QED) is 0.0491. The summed E-state index contributed by atoms with van der Waals surface area (Å²) in [4.78, 5) is 159. The molecule has 12 N–H and O–H groups in total. The van der Waals surface area contributed by atoms with Crippen LogP contribution < -0.4 is 37.6 Å². The second-order valence-corrected chi connectivity index (χ2v) is 19.6. The Balaban J connectivity index is 1.13. The lowest BCUT2D eigenvalue weighted by atomic mass is 9.97. The van der Waals surface area contributed by atoms with Crippen molar-refractivity contribution in [2.24, 2.45) is 11.7 Å². The van der Waals surface area contributed by atoms with Crippen LogP contribution in [0.2, 0.25) is 0 Å². The summed E-state index contributed by atoms with van der Waals surface area (Å²) < 4.78 is 0. The Hall–Kier alpha value is -6.74. The number of nitrogens with two attached hydrogens (primary N) is 1. The molecule has 74 heavy (non-hydrogen) atoms. The molecule has 4 fully saturated rings. The minimum atomic E-state index is -1.55. The number of nitrogens with zero attached hydrogens (tertiary/aromatic N) is 5. The van der Waals surface area contributed by atoms with E-state index in [1.807, 2.05) is 0 Å². The highest BCUT2D eigenvalue weighted by atomic mass is 16.4. The number of amides is 10. The number of hydrogen-bond acceptors (Lipinski definition) is 15. The summed E-state index contributed by atoms with van der Waals surface area (Å²) in [5.74, 6) is -8.42. The number of imidazole rings is 1. The van der Waals surface area contributed by atoms with Crippen molar-refractivity contribution in [2.75, 3.05) is 39.3 Å². The first-order valence-corrected chi connectivity index (χ1v) is 25.3. The fourth-order valence-electron chi connectivity index (χ4n) is 9.76. The molecule has 0 aliphatic carbocycles. The number of carbonyl (C=O) groups is 11. The molecular formula is C47H73N13O14. The molecule has 5 rings (SSSR count). The van der Waals surface area contributed by atoms with E-state index >= 15 is 0 Å². The average Bonchev–Trinajstić information content (AvgIpc) is 4.24. The summed E-state index contributed by atoms with van der Waals surface area (Å²) in [6, 6.07) is -11.6. The van der Waals surface area contributed by atoms with E-state index in [0.717, 1.165) is 0 Å². The number of hydrogen-bond donors (Lipinski definition) is 11. The number of H-pyrrole nitrogens is 1. The molecule has 4 aliphatic rings. The number of aromatic nitrogens is 2. The molecule has 0 saturated carbocycles. The predicted octanol–water partition coefficient (Wildman–Crippen LogP) is -4.67. The summed E-state index contributed by atoms with van der Waals surface area (Å²) in [5, 5.41) is 44.9. The van der Waals surface area contributed by atoms with Gasteiger partial charge in [-0.05, 0) is 78.1 Å². The van der Waals surface area contributed by atoms with Crippen molar-refractivity contribution in [3.8, 4) is 0 Å². The van der Waals surface area contributed by atoms with Crippen molar-refractivity contribution < 1.29 is 68.1 Å². The van der Waals surface area contributed by atoms with Crippen LogP contribution in [0.4, 0.5) is 0 Å². The largest absolute Gasteiger partial charge is 0.480 e. The third kappa shape index (κ3) is 14.3. The minimum Gasteiger partial charge on any atom is -0.480 e. The normalized spacial score (nSPS) is 22.8. The first kappa shape index (κ1) is 58.2. The van der Waals surface area contributed by atoms with Gasteiger partial charge in [0.25, 0.3) is 0 Å². The van der Waals surface area contributed by atoms with Crippen molar-refractivity contribution in [2.45, 2.75) is 165 Å². The van der Waals surface area contributed by atoms with Crippen LogP contribution in [0.1, 0.15) is 98.1 Å². The monoisotopic (exact) mass is 1040 g/mol. The molecule has 0 aromatic carbocycles.